The molecule has 0 aromatic carbocycles. The minimum absolute atomic E-state index is 0.204. The quantitative estimate of drug-likeness (QED) is 0.410. The normalized spacial score (nSPS) is 23.3. The number of carbonyl (C=O) groups is 1. The SMILES string of the molecule is [B]C(O)(Oc1cc(-c2cn(C)c3cnc(NC(C)=O)cc23)nc2c1CCOC21CCOC1)C1COC1. The minimum atomic E-state index is -1.89. The molecule has 0 saturated carbocycles. The lowest BCUT2D eigenvalue weighted by molar-refractivity contribution is -0.189. The summed E-state index contributed by atoms with van der Waals surface area (Å²) in [4.78, 5) is 21.1. The molecule has 6 heterocycles. The first-order valence-electron chi connectivity index (χ1n) is 12.0. The first-order valence-corrected chi connectivity index (χ1v) is 12.0. The van der Waals surface area contributed by atoms with Gasteiger partial charge in [-0.15, -0.1) is 0 Å². The predicted molar refractivity (Wildman–Crippen MR) is 131 cm³/mol. The van der Waals surface area contributed by atoms with Gasteiger partial charge >= 0.3 is 0 Å². The number of fused-ring (bicyclic) bond motifs is 3. The molecule has 11 heteroatoms. The fourth-order valence-corrected chi connectivity index (χ4v) is 5.12. The molecule has 1 amide bonds. The summed E-state index contributed by atoms with van der Waals surface area (Å²) in [5.41, 5.74) is 1.37. The van der Waals surface area contributed by atoms with Crippen LogP contribution in [0.15, 0.2) is 24.5 Å². The van der Waals surface area contributed by atoms with E-state index in [4.69, 9.17) is 31.8 Å². The molecule has 2 unspecified atom stereocenters. The molecule has 36 heavy (non-hydrogen) atoms. The van der Waals surface area contributed by atoms with Crippen LogP contribution in [0.1, 0.15) is 24.6 Å². The van der Waals surface area contributed by atoms with Crippen molar-refractivity contribution in [3.8, 4) is 17.0 Å². The maximum absolute atomic E-state index is 11.6. The van der Waals surface area contributed by atoms with Gasteiger partial charge in [0.05, 0.1) is 55.4 Å². The van der Waals surface area contributed by atoms with Gasteiger partial charge in [0.15, 0.2) is 13.5 Å². The van der Waals surface area contributed by atoms with Crippen LogP contribution >= 0.6 is 0 Å². The monoisotopic (exact) mass is 490 g/mol. The summed E-state index contributed by atoms with van der Waals surface area (Å²) in [7, 11) is 8.13. The highest BCUT2D eigenvalue weighted by molar-refractivity contribution is 6.13. The van der Waals surface area contributed by atoms with E-state index in [0.717, 1.165) is 27.7 Å². The number of nitrogens with zero attached hydrogens (tertiary/aromatic N) is 3. The first kappa shape index (κ1) is 23.4. The number of amides is 1. The number of nitrogens with one attached hydrogen (secondary N) is 1. The number of aliphatic hydroxyl groups is 1. The molecule has 3 aliphatic heterocycles. The molecule has 2 saturated heterocycles. The number of aryl methyl sites for hydroxylation is 1. The highest BCUT2D eigenvalue weighted by Crippen LogP contribution is 2.45. The Morgan fingerprint density at radius 2 is 2.17 bits per heavy atom. The van der Waals surface area contributed by atoms with E-state index >= 15 is 0 Å². The van der Waals surface area contributed by atoms with Crippen LogP contribution in [0.2, 0.25) is 0 Å². The van der Waals surface area contributed by atoms with E-state index in [1.807, 2.05) is 29.9 Å². The minimum Gasteiger partial charge on any atom is -0.471 e. The lowest BCUT2D eigenvalue weighted by Crippen LogP contribution is -2.53. The zero-order chi connectivity index (χ0) is 25.1. The Balaban J connectivity index is 1.53. The molecule has 3 aromatic heterocycles. The average molecular weight is 490 g/mol. The molecule has 3 aromatic rings. The first-order chi connectivity index (χ1) is 17.3. The van der Waals surface area contributed by atoms with Crippen molar-refractivity contribution in [2.45, 2.75) is 31.1 Å². The van der Waals surface area contributed by atoms with Crippen LogP contribution in [0, 0.1) is 5.92 Å². The molecule has 1 spiro atoms. The highest BCUT2D eigenvalue weighted by Gasteiger charge is 2.46. The van der Waals surface area contributed by atoms with Crippen LogP contribution in [0.4, 0.5) is 5.82 Å². The van der Waals surface area contributed by atoms with Gasteiger partial charge in [-0.3, -0.25) is 4.79 Å². The molecule has 2 atom stereocenters. The summed E-state index contributed by atoms with van der Waals surface area (Å²) >= 11 is 0. The van der Waals surface area contributed by atoms with Crippen LogP contribution in [0.3, 0.4) is 0 Å². The van der Waals surface area contributed by atoms with Crippen molar-refractivity contribution in [2.75, 3.05) is 38.4 Å². The zero-order valence-electron chi connectivity index (χ0n) is 20.2. The summed E-state index contributed by atoms with van der Waals surface area (Å²) in [6, 6.07) is 3.64. The predicted octanol–water partition coefficient (Wildman–Crippen LogP) is 1.62. The van der Waals surface area contributed by atoms with Gasteiger partial charge in [0.25, 0.3) is 0 Å². The number of aromatic nitrogens is 3. The molecule has 3 aliphatic rings. The van der Waals surface area contributed by atoms with E-state index in [1.54, 1.807) is 6.20 Å². The van der Waals surface area contributed by atoms with Crippen LogP contribution < -0.4 is 10.1 Å². The Morgan fingerprint density at radius 3 is 2.86 bits per heavy atom. The number of hydrogen-bond donors (Lipinski definition) is 2. The highest BCUT2D eigenvalue weighted by atomic mass is 16.6. The van der Waals surface area contributed by atoms with Gasteiger partial charge in [0.1, 0.15) is 17.2 Å². The Labute approximate surface area is 209 Å². The van der Waals surface area contributed by atoms with Crippen molar-refractivity contribution in [2.24, 2.45) is 13.0 Å². The topological polar surface area (TPSA) is 117 Å². The summed E-state index contributed by atoms with van der Waals surface area (Å²) in [5, 5.41) is 14.5. The number of ether oxygens (including phenoxy) is 4. The third-order valence-electron chi connectivity index (χ3n) is 7.18. The van der Waals surface area contributed by atoms with E-state index in [1.165, 1.54) is 6.92 Å². The Kier molecular flexibility index (Phi) is 5.56. The summed E-state index contributed by atoms with van der Waals surface area (Å²) in [5.74, 6) is 0.374. The van der Waals surface area contributed by atoms with E-state index in [-0.39, 0.29) is 11.8 Å². The van der Waals surface area contributed by atoms with Crippen molar-refractivity contribution >= 4 is 30.5 Å². The van der Waals surface area contributed by atoms with Crippen molar-refractivity contribution in [1.82, 2.24) is 14.5 Å². The molecule has 186 valence electrons. The smallest absolute Gasteiger partial charge is 0.222 e. The van der Waals surface area contributed by atoms with Gasteiger partial charge in [-0.05, 0) is 6.07 Å². The number of rotatable bonds is 5. The Bertz CT molecular complexity index is 1350. The lowest BCUT2D eigenvalue weighted by atomic mass is 9.80. The summed E-state index contributed by atoms with van der Waals surface area (Å²) in [6.45, 7) is 3.56. The Hall–Kier alpha value is -2.99. The maximum Gasteiger partial charge on any atom is 0.222 e. The third kappa shape index (κ3) is 3.87. The second-order valence-electron chi connectivity index (χ2n) is 9.74. The van der Waals surface area contributed by atoms with Gasteiger partial charge in [0, 0.05) is 62.2 Å². The van der Waals surface area contributed by atoms with Crippen LogP contribution in [-0.2, 0) is 38.1 Å². The molecule has 2 fully saturated rings. The second kappa shape index (κ2) is 8.55. The van der Waals surface area contributed by atoms with Crippen molar-refractivity contribution < 1.29 is 28.8 Å². The van der Waals surface area contributed by atoms with E-state index in [2.05, 4.69) is 10.3 Å². The van der Waals surface area contributed by atoms with Gasteiger partial charge in [-0.25, -0.2) is 9.97 Å². The van der Waals surface area contributed by atoms with Crippen LogP contribution in [0.5, 0.6) is 5.75 Å². The number of pyridine rings is 2. The summed E-state index contributed by atoms with van der Waals surface area (Å²) < 4.78 is 25.2. The van der Waals surface area contributed by atoms with Crippen LogP contribution in [0.25, 0.3) is 22.2 Å². The van der Waals surface area contributed by atoms with Gasteiger partial charge in [0.2, 0.25) is 5.91 Å². The van der Waals surface area contributed by atoms with Crippen LogP contribution in [-0.4, -0.2) is 72.1 Å². The molecule has 10 nitrogen and oxygen atoms in total. The molecule has 6 rings (SSSR count). The fourth-order valence-electron chi connectivity index (χ4n) is 5.12. The standard InChI is InChI=1S/C25H27BN4O6/c1-14(31)28-22-7-17-18(10-30(2)20(17)9-27-22)19-8-21(36-25(26,32)15-11-34-12-15)16-3-5-35-24(23(16)29-19)4-6-33-13-24/h7-10,15,32H,3-6,11-13H2,1-2H3,(H,27,28,31). The Morgan fingerprint density at radius 1 is 1.33 bits per heavy atom. The molecule has 2 N–H and O–H groups in total. The zero-order valence-corrected chi connectivity index (χ0v) is 20.2. The molecular formula is C25H27BN4O6. The largest absolute Gasteiger partial charge is 0.471 e. The third-order valence-corrected chi connectivity index (χ3v) is 7.18. The fraction of sp³-hybridized carbons (Fsp3) is 0.480. The van der Waals surface area contributed by atoms with Crippen molar-refractivity contribution in [1.29, 1.82) is 0 Å². The van der Waals surface area contributed by atoms with Gasteiger partial charge in [-0.2, -0.15) is 0 Å². The average Bonchev–Trinajstić information content (AvgIpc) is 3.37. The van der Waals surface area contributed by atoms with E-state index in [9.17, 15) is 9.90 Å². The molecular weight excluding hydrogens is 463 g/mol. The molecule has 2 radical (unpaired) electrons. The lowest BCUT2D eigenvalue weighted by Gasteiger charge is -2.41. The van der Waals surface area contributed by atoms with Crippen molar-refractivity contribution in [3.05, 3.63) is 35.8 Å². The second-order valence-corrected chi connectivity index (χ2v) is 9.74. The molecule has 0 bridgehead atoms. The van der Waals surface area contributed by atoms with Gasteiger partial charge in [-0.1, -0.05) is 0 Å². The van der Waals surface area contributed by atoms with Crippen molar-refractivity contribution in [3.63, 3.8) is 0 Å². The van der Waals surface area contributed by atoms with E-state index in [0.29, 0.717) is 63.1 Å². The maximum atomic E-state index is 11.6. The number of hydrogen-bond acceptors (Lipinski definition) is 8. The van der Waals surface area contributed by atoms with E-state index < -0.39 is 11.3 Å². The number of carbonyl (C=O) groups excluding carboxylic acids is 1. The summed E-state index contributed by atoms with van der Waals surface area (Å²) in [6.07, 6.45) is 4.91. The van der Waals surface area contributed by atoms with Gasteiger partial charge < -0.3 is 33.9 Å². The number of anilines is 1. The molecule has 0 aliphatic carbocycles.